The number of fused-ring (bicyclic) bond motifs is 1. The standard InChI is InChI=1S/C17H18N2O2/c1-11(2)21-16-8-4-6-14-12(5-3-7-15(14)16)9-13-10-18-19-17(13)20/h3-9,11,18H,10H2,1-2H3,(H,19,20)/b13-9+. The van der Waals surface area contributed by atoms with Crippen molar-refractivity contribution in [2.45, 2.75) is 20.0 Å². The van der Waals surface area contributed by atoms with Gasteiger partial charge in [0.25, 0.3) is 5.91 Å². The fourth-order valence-electron chi connectivity index (χ4n) is 2.47. The van der Waals surface area contributed by atoms with Crippen molar-refractivity contribution in [2.24, 2.45) is 0 Å². The Morgan fingerprint density at radius 3 is 2.62 bits per heavy atom. The number of ether oxygens (including phenoxy) is 1. The van der Waals surface area contributed by atoms with E-state index in [1.165, 1.54) is 0 Å². The van der Waals surface area contributed by atoms with Crippen molar-refractivity contribution in [2.75, 3.05) is 6.54 Å². The predicted octanol–water partition coefficient (Wildman–Crippen LogP) is 2.64. The number of carbonyl (C=O) groups excluding carboxylic acids is 1. The Morgan fingerprint density at radius 1 is 1.14 bits per heavy atom. The minimum absolute atomic E-state index is 0.0680. The van der Waals surface area contributed by atoms with Crippen molar-refractivity contribution in [1.82, 2.24) is 10.9 Å². The molecule has 4 nitrogen and oxygen atoms in total. The van der Waals surface area contributed by atoms with Gasteiger partial charge >= 0.3 is 0 Å². The molecule has 0 unspecified atom stereocenters. The van der Waals surface area contributed by atoms with Gasteiger partial charge in [-0.05, 0) is 36.9 Å². The van der Waals surface area contributed by atoms with E-state index in [0.717, 1.165) is 27.7 Å². The molecule has 0 saturated carbocycles. The molecule has 0 atom stereocenters. The summed E-state index contributed by atoms with van der Waals surface area (Å²) < 4.78 is 5.86. The molecule has 4 heteroatoms. The third kappa shape index (κ3) is 2.76. The Bertz CT molecular complexity index is 720. The Hall–Kier alpha value is -2.33. The van der Waals surface area contributed by atoms with Crippen LogP contribution in [0, 0.1) is 0 Å². The summed E-state index contributed by atoms with van der Waals surface area (Å²) in [6.07, 6.45) is 2.05. The van der Waals surface area contributed by atoms with Crippen LogP contribution in [0.4, 0.5) is 0 Å². The first-order valence-corrected chi connectivity index (χ1v) is 7.07. The Morgan fingerprint density at radius 2 is 1.90 bits per heavy atom. The third-order valence-corrected chi connectivity index (χ3v) is 3.38. The van der Waals surface area contributed by atoms with Crippen molar-refractivity contribution >= 4 is 22.8 Å². The molecule has 1 aliphatic rings. The summed E-state index contributed by atoms with van der Waals surface area (Å²) in [5, 5.41) is 2.15. The molecule has 1 aliphatic heterocycles. The van der Waals surface area contributed by atoms with Crippen LogP contribution in [0.2, 0.25) is 0 Å². The van der Waals surface area contributed by atoms with Crippen LogP contribution in [-0.4, -0.2) is 18.6 Å². The smallest absolute Gasteiger partial charge is 0.262 e. The largest absolute Gasteiger partial charge is 0.490 e. The molecule has 0 aliphatic carbocycles. The molecular formula is C17H18N2O2. The number of hydrogen-bond acceptors (Lipinski definition) is 3. The molecule has 1 amide bonds. The first kappa shape index (κ1) is 13.6. The van der Waals surface area contributed by atoms with Crippen molar-refractivity contribution in [3.8, 4) is 5.75 Å². The maximum absolute atomic E-state index is 11.7. The van der Waals surface area contributed by atoms with Gasteiger partial charge in [-0.15, -0.1) is 0 Å². The van der Waals surface area contributed by atoms with E-state index < -0.39 is 0 Å². The fraction of sp³-hybridized carbons (Fsp3) is 0.235. The van der Waals surface area contributed by atoms with Crippen LogP contribution in [0.5, 0.6) is 5.75 Å². The lowest BCUT2D eigenvalue weighted by Crippen LogP contribution is -2.25. The quantitative estimate of drug-likeness (QED) is 0.851. The van der Waals surface area contributed by atoms with Crippen molar-refractivity contribution < 1.29 is 9.53 Å². The highest BCUT2D eigenvalue weighted by molar-refractivity contribution is 6.03. The molecule has 0 bridgehead atoms. The maximum atomic E-state index is 11.7. The van der Waals surface area contributed by atoms with Crippen molar-refractivity contribution in [3.05, 3.63) is 47.5 Å². The molecule has 108 valence electrons. The van der Waals surface area contributed by atoms with E-state index in [-0.39, 0.29) is 12.0 Å². The average Bonchev–Trinajstić information content (AvgIpc) is 2.85. The number of carbonyl (C=O) groups is 1. The Kier molecular flexibility index (Phi) is 3.62. The van der Waals surface area contributed by atoms with Crippen LogP contribution in [0.15, 0.2) is 42.0 Å². The monoisotopic (exact) mass is 282 g/mol. The molecule has 0 spiro atoms. The number of benzene rings is 2. The summed E-state index contributed by atoms with van der Waals surface area (Å²) in [6.45, 7) is 4.57. The molecule has 1 fully saturated rings. The van der Waals surface area contributed by atoms with E-state index in [1.54, 1.807) is 0 Å². The maximum Gasteiger partial charge on any atom is 0.262 e. The van der Waals surface area contributed by atoms with Crippen LogP contribution in [0.1, 0.15) is 19.4 Å². The molecule has 21 heavy (non-hydrogen) atoms. The van der Waals surface area contributed by atoms with Gasteiger partial charge in [0.2, 0.25) is 0 Å². The van der Waals surface area contributed by atoms with Gasteiger partial charge < -0.3 is 4.74 Å². The van der Waals surface area contributed by atoms with Gasteiger partial charge in [-0.2, -0.15) is 0 Å². The van der Waals surface area contributed by atoms with Crippen LogP contribution in [0.25, 0.3) is 16.8 Å². The van der Waals surface area contributed by atoms with Gasteiger partial charge in [0.15, 0.2) is 0 Å². The number of amides is 1. The first-order chi connectivity index (χ1) is 10.1. The fourth-order valence-corrected chi connectivity index (χ4v) is 2.47. The number of rotatable bonds is 3. The zero-order chi connectivity index (χ0) is 14.8. The number of hydrogen-bond donors (Lipinski definition) is 2. The minimum atomic E-state index is -0.0680. The highest BCUT2D eigenvalue weighted by Crippen LogP contribution is 2.30. The number of nitrogens with one attached hydrogen (secondary N) is 2. The SMILES string of the molecule is CC(C)Oc1cccc2c(/C=C3\CNNC3=O)cccc12. The second-order valence-electron chi connectivity index (χ2n) is 5.34. The summed E-state index contributed by atoms with van der Waals surface area (Å²) >= 11 is 0. The zero-order valence-electron chi connectivity index (χ0n) is 12.1. The lowest BCUT2D eigenvalue weighted by atomic mass is 10.0. The third-order valence-electron chi connectivity index (χ3n) is 3.38. The Balaban J connectivity index is 2.10. The number of hydrazine groups is 1. The first-order valence-electron chi connectivity index (χ1n) is 7.07. The van der Waals surface area contributed by atoms with E-state index >= 15 is 0 Å². The zero-order valence-corrected chi connectivity index (χ0v) is 12.1. The summed E-state index contributed by atoms with van der Waals surface area (Å²) in [5.74, 6) is 0.804. The van der Waals surface area contributed by atoms with Gasteiger partial charge in [-0.1, -0.05) is 30.3 Å². The normalized spacial score (nSPS) is 16.7. The van der Waals surface area contributed by atoms with E-state index in [4.69, 9.17) is 4.74 Å². The van der Waals surface area contributed by atoms with Gasteiger partial charge in [-0.25, -0.2) is 5.43 Å². The van der Waals surface area contributed by atoms with E-state index in [9.17, 15) is 4.79 Å². The van der Waals surface area contributed by atoms with Gasteiger partial charge in [0.1, 0.15) is 5.75 Å². The second kappa shape index (κ2) is 5.58. The summed E-state index contributed by atoms with van der Waals surface area (Å²) in [5.41, 5.74) is 7.19. The second-order valence-corrected chi connectivity index (χ2v) is 5.34. The molecule has 0 radical (unpaired) electrons. The molecular weight excluding hydrogens is 264 g/mol. The summed E-state index contributed by atoms with van der Waals surface area (Å²) in [4.78, 5) is 11.7. The lowest BCUT2D eigenvalue weighted by molar-refractivity contribution is -0.116. The minimum Gasteiger partial charge on any atom is -0.490 e. The van der Waals surface area contributed by atoms with Crippen molar-refractivity contribution in [1.29, 1.82) is 0 Å². The molecule has 2 aromatic rings. The summed E-state index contributed by atoms with van der Waals surface area (Å²) in [7, 11) is 0. The molecule has 0 aromatic heterocycles. The molecule has 1 saturated heterocycles. The lowest BCUT2D eigenvalue weighted by Gasteiger charge is -2.13. The van der Waals surface area contributed by atoms with Crippen molar-refractivity contribution in [3.63, 3.8) is 0 Å². The van der Waals surface area contributed by atoms with E-state index in [1.807, 2.05) is 50.3 Å². The van der Waals surface area contributed by atoms with Crippen LogP contribution in [0.3, 0.4) is 0 Å². The van der Waals surface area contributed by atoms with Gasteiger partial charge in [0, 0.05) is 17.5 Å². The van der Waals surface area contributed by atoms with Gasteiger partial charge in [-0.3, -0.25) is 10.2 Å². The Labute approximate surface area is 123 Å². The summed E-state index contributed by atoms with van der Waals surface area (Å²) in [6, 6.07) is 12.1. The average molecular weight is 282 g/mol. The molecule has 2 aromatic carbocycles. The topological polar surface area (TPSA) is 50.4 Å². The van der Waals surface area contributed by atoms with Crippen LogP contribution < -0.4 is 15.6 Å². The molecule has 3 rings (SSSR count). The van der Waals surface area contributed by atoms with E-state index in [2.05, 4.69) is 16.9 Å². The highest BCUT2D eigenvalue weighted by Gasteiger charge is 2.16. The molecule has 2 N–H and O–H groups in total. The highest BCUT2D eigenvalue weighted by atomic mass is 16.5. The van der Waals surface area contributed by atoms with Gasteiger partial charge in [0.05, 0.1) is 6.10 Å². The van der Waals surface area contributed by atoms with Crippen LogP contribution in [-0.2, 0) is 4.79 Å². The predicted molar refractivity (Wildman–Crippen MR) is 83.8 cm³/mol. The van der Waals surface area contributed by atoms with E-state index in [0.29, 0.717) is 6.54 Å². The molecule has 1 heterocycles. The van der Waals surface area contributed by atoms with Crippen LogP contribution >= 0.6 is 0 Å².